The van der Waals surface area contributed by atoms with E-state index in [9.17, 15) is 9.59 Å². The molecule has 0 fully saturated rings. The molecule has 1 rings (SSSR count). The summed E-state index contributed by atoms with van der Waals surface area (Å²) in [6.45, 7) is -0.330. The molecule has 1 aromatic carbocycles. The minimum Gasteiger partial charge on any atom is -0.468 e. The summed E-state index contributed by atoms with van der Waals surface area (Å²) < 4.78 is 9.24. The number of benzene rings is 1. The van der Waals surface area contributed by atoms with Crippen LogP contribution in [0.4, 0.5) is 5.69 Å². The predicted octanol–water partition coefficient (Wildman–Crippen LogP) is 1.13. The largest absolute Gasteiger partial charge is 0.468 e. The van der Waals surface area contributed by atoms with Crippen molar-refractivity contribution in [2.24, 2.45) is 5.73 Å². The second kappa shape index (κ2) is 7.80. The number of methoxy groups -OCH3 is 2. The first-order valence-corrected chi connectivity index (χ1v) is 6.65. The molecule has 6 nitrogen and oxygen atoms in total. The first kappa shape index (κ1) is 17.2. The maximum Gasteiger partial charge on any atom is 0.325 e. The van der Waals surface area contributed by atoms with Crippen LogP contribution in [-0.4, -0.2) is 44.2 Å². The van der Waals surface area contributed by atoms with Gasteiger partial charge in [0, 0.05) is 16.3 Å². The van der Waals surface area contributed by atoms with Gasteiger partial charge in [0.15, 0.2) is 0 Å². The summed E-state index contributed by atoms with van der Waals surface area (Å²) in [5.41, 5.74) is 6.62. The summed E-state index contributed by atoms with van der Waals surface area (Å²) in [4.78, 5) is 24.6. The molecule has 0 saturated carbocycles. The number of halogens is 1. The summed E-state index contributed by atoms with van der Waals surface area (Å²) in [6, 6.07) is 4.82. The van der Waals surface area contributed by atoms with Gasteiger partial charge in [-0.3, -0.25) is 9.59 Å². The molecule has 0 unspecified atom stereocenters. The van der Waals surface area contributed by atoms with Gasteiger partial charge in [-0.1, -0.05) is 23.8 Å². The first-order chi connectivity index (χ1) is 9.88. The zero-order chi connectivity index (χ0) is 16.0. The number of hydrogen-bond acceptors (Lipinski definition) is 6. The van der Waals surface area contributed by atoms with Crippen molar-refractivity contribution in [1.29, 1.82) is 0 Å². The molecular weight excluding hydrogens is 316 g/mol. The van der Waals surface area contributed by atoms with Crippen molar-refractivity contribution in [3.8, 4) is 0 Å². The van der Waals surface area contributed by atoms with E-state index in [0.29, 0.717) is 16.3 Å². The van der Waals surface area contributed by atoms with E-state index >= 15 is 0 Å². The number of thiocarbonyl (C=S) groups is 1. The van der Waals surface area contributed by atoms with Gasteiger partial charge >= 0.3 is 11.9 Å². The van der Waals surface area contributed by atoms with Crippen LogP contribution in [0.1, 0.15) is 5.56 Å². The van der Waals surface area contributed by atoms with Crippen molar-refractivity contribution >= 4 is 46.4 Å². The van der Waals surface area contributed by atoms with Crippen LogP contribution in [-0.2, 0) is 19.1 Å². The lowest BCUT2D eigenvalue weighted by Crippen LogP contribution is -2.37. The molecule has 0 bridgehead atoms. The smallest absolute Gasteiger partial charge is 0.325 e. The average molecular weight is 331 g/mol. The molecular formula is C13H15ClN2O4S. The van der Waals surface area contributed by atoms with Crippen LogP contribution >= 0.6 is 23.8 Å². The van der Waals surface area contributed by atoms with Crippen molar-refractivity contribution in [2.75, 3.05) is 32.2 Å². The minimum atomic E-state index is -0.521. The van der Waals surface area contributed by atoms with Gasteiger partial charge in [-0.25, -0.2) is 0 Å². The Hall–Kier alpha value is -1.86. The summed E-state index contributed by atoms with van der Waals surface area (Å²) >= 11 is 10.9. The fourth-order valence-electron chi connectivity index (χ4n) is 1.64. The van der Waals surface area contributed by atoms with Crippen LogP contribution < -0.4 is 10.6 Å². The average Bonchev–Trinajstić information content (AvgIpc) is 2.45. The van der Waals surface area contributed by atoms with E-state index in [1.807, 2.05) is 0 Å². The normalized spacial score (nSPS) is 9.86. The molecule has 21 heavy (non-hydrogen) atoms. The number of ether oxygens (including phenoxy) is 2. The zero-order valence-corrected chi connectivity index (χ0v) is 13.2. The van der Waals surface area contributed by atoms with E-state index in [1.165, 1.54) is 19.1 Å². The third-order valence-corrected chi connectivity index (χ3v) is 3.12. The molecule has 0 amide bonds. The number of rotatable bonds is 6. The Kier molecular flexibility index (Phi) is 6.39. The van der Waals surface area contributed by atoms with E-state index in [-0.39, 0.29) is 18.1 Å². The first-order valence-electron chi connectivity index (χ1n) is 5.87. The molecule has 114 valence electrons. The topological polar surface area (TPSA) is 81.9 Å². The van der Waals surface area contributed by atoms with Gasteiger partial charge in [0.2, 0.25) is 0 Å². The van der Waals surface area contributed by atoms with E-state index in [1.54, 1.807) is 18.2 Å². The fourth-order valence-corrected chi connectivity index (χ4v) is 1.98. The second-order valence-corrected chi connectivity index (χ2v) is 4.91. The quantitative estimate of drug-likeness (QED) is 0.618. The predicted molar refractivity (Wildman–Crippen MR) is 83.6 cm³/mol. The number of esters is 2. The highest BCUT2D eigenvalue weighted by Gasteiger charge is 2.20. The second-order valence-electron chi connectivity index (χ2n) is 4.03. The summed E-state index contributed by atoms with van der Waals surface area (Å²) in [6.07, 6.45) is 0. The fraction of sp³-hybridized carbons (Fsp3) is 0.308. The SMILES string of the molecule is COC(=O)CN(CC(=O)OC)c1cc(Cl)ccc1C(N)=S. The van der Waals surface area contributed by atoms with Gasteiger partial charge in [0.1, 0.15) is 18.1 Å². The number of carbonyl (C=O) groups is 2. The standard InChI is InChI=1S/C13H15ClN2O4S/c1-19-11(17)6-16(7-12(18)20-2)10-5-8(14)3-4-9(10)13(15)21/h3-5H,6-7H2,1-2H3,(H2,15,21). The molecule has 0 saturated heterocycles. The van der Waals surface area contributed by atoms with Crippen LogP contribution in [0.15, 0.2) is 18.2 Å². The van der Waals surface area contributed by atoms with E-state index in [0.717, 1.165) is 0 Å². The third-order valence-electron chi connectivity index (χ3n) is 2.66. The van der Waals surface area contributed by atoms with Crippen molar-refractivity contribution in [3.05, 3.63) is 28.8 Å². The summed E-state index contributed by atoms with van der Waals surface area (Å²) in [5.74, 6) is -1.04. The van der Waals surface area contributed by atoms with Crippen molar-refractivity contribution in [3.63, 3.8) is 0 Å². The Morgan fingerprint density at radius 2 is 1.76 bits per heavy atom. The molecule has 0 atom stereocenters. The number of nitrogens with two attached hydrogens (primary N) is 1. The maximum atomic E-state index is 11.5. The monoisotopic (exact) mass is 330 g/mol. The molecule has 1 aromatic rings. The van der Waals surface area contributed by atoms with Crippen molar-refractivity contribution in [2.45, 2.75) is 0 Å². The lowest BCUT2D eigenvalue weighted by atomic mass is 10.1. The Morgan fingerprint density at radius 3 is 2.19 bits per heavy atom. The lowest BCUT2D eigenvalue weighted by Gasteiger charge is -2.24. The minimum absolute atomic E-state index is 0.126. The molecule has 0 spiro atoms. The lowest BCUT2D eigenvalue weighted by molar-refractivity contribution is -0.140. The van der Waals surface area contributed by atoms with Gasteiger partial charge in [-0.05, 0) is 18.2 Å². The van der Waals surface area contributed by atoms with E-state index in [4.69, 9.17) is 29.6 Å². The Labute approximate surface area is 132 Å². The van der Waals surface area contributed by atoms with Gasteiger partial charge in [-0.15, -0.1) is 0 Å². The van der Waals surface area contributed by atoms with Gasteiger partial charge in [0.05, 0.1) is 14.2 Å². The van der Waals surface area contributed by atoms with Gasteiger partial charge in [0.25, 0.3) is 0 Å². The molecule has 0 aliphatic heterocycles. The Balaban J connectivity index is 3.23. The van der Waals surface area contributed by atoms with Crippen LogP contribution in [0, 0.1) is 0 Å². The Bertz CT molecular complexity index is 547. The van der Waals surface area contributed by atoms with Crippen LogP contribution in [0.2, 0.25) is 5.02 Å². The van der Waals surface area contributed by atoms with Gasteiger partial charge < -0.3 is 20.1 Å². The zero-order valence-electron chi connectivity index (χ0n) is 11.6. The van der Waals surface area contributed by atoms with E-state index < -0.39 is 11.9 Å². The third kappa shape index (κ3) is 4.87. The van der Waals surface area contributed by atoms with Crippen LogP contribution in [0.3, 0.4) is 0 Å². The highest BCUT2D eigenvalue weighted by molar-refractivity contribution is 7.80. The molecule has 0 radical (unpaired) electrons. The molecule has 0 heterocycles. The number of hydrogen-bond donors (Lipinski definition) is 1. The summed E-state index contributed by atoms with van der Waals surface area (Å²) in [5, 5.41) is 0.421. The number of carbonyl (C=O) groups excluding carboxylic acids is 2. The Morgan fingerprint density at radius 1 is 1.24 bits per heavy atom. The highest BCUT2D eigenvalue weighted by Crippen LogP contribution is 2.25. The van der Waals surface area contributed by atoms with E-state index in [2.05, 4.69) is 9.47 Å². The van der Waals surface area contributed by atoms with Crippen LogP contribution in [0.25, 0.3) is 0 Å². The molecule has 0 aromatic heterocycles. The van der Waals surface area contributed by atoms with Gasteiger partial charge in [-0.2, -0.15) is 0 Å². The molecule has 0 aliphatic rings. The molecule has 2 N–H and O–H groups in total. The van der Waals surface area contributed by atoms with Crippen LogP contribution in [0.5, 0.6) is 0 Å². The maximum absolute atomic E-state index is 11.5. The summed E-state index contributed by atoms with van der Waals surface area (Å²) in [7, 11) is 2.51. The molecule has 0 aliphatic carbocycles. The number of anilines is 1. The molecule has 8 heteroatoms. The highest BCUT2D eigenvalue weighted by atomic mass is 35.5. The number of nitrogens with zero attached hydrogens (tertiary/aromatic N) is 1. The van der Waals surface area contributed by atoms with Crippen molar-refractivity contribution < 1.29 is 19.1 Å². The van der Waals surface area contributed by atoms with Crippen molar-refractivity contribution in [1.82, 2.24) is 0 Å².